The molecule has 2 rings (SSSR count). The molecule has 0 amide bonds. The van der Waals surface area contributed by atoms with Crippen LogP contribution in [0.5, 0.6) is 0 Å². The summed E-state index contributed by atoms with van der Waals surface area (Å²) in [5.74, 6) is 0. The Hall–Kier alpha value is -0.590. The van der Waals surface area contributed by atoms with Crippen molar-refractivity contribution < 1.29 is 4.74 Å². The predicted octanol–water partition coefficient (Wildman–Crippen LogP) is 1.20. The quantitative estimate of drug-likeness (QED) is 0.609. The SMILES string of the molecule is N#CC1NCCCC12CCCCO2. The molecular weight excluding hydrogens is 164 g/mol. The molecule has 3 nitrogen and oxygen atoms in total. The van der Waals surface area contributed by atoms with Gasteiger partial charge in [0, 0.05) is 6.61 Å². The van der Waals surface area contributed by atoms with Crippen molar-refractivity contribution >= 4 is 0 Å². The van der Waals surface area contributed by atoms with Crippen LogP contribution in [0.3, 0.4) is 0 Å². The van der Waals surface area contributed by atoms with E-state index in [2.05, 4.69) is 11.4 Å². The van der Waals surface area contributed by atoms with Crippen LogP contribution >= 0.6 is 0 Å². The first kappa shape index (κ1) is 8.98. The minimum atomic E-state index is -0.148. The second-order valence-corrected chi connectivity index (χ2v) is 3.99. The minimum Gasteiger partial charge on any atom is -0.372 e. The summed E-state index contributed by atoms with van der Waals surface area (Å²) in [4.78, 5) is 0. The smallest absolute Gasteiger partial charge is 0.125 e. The molecule has 1 N–H and O–H groups in total. The lowest BCUT2D eigenvalue weighted by atomic mass is 9.80. The molecule has 3 heteroatoms. The molecule has 0 radical (unpaired) electrons. The fourth-order valence-electron chi connectivity index (χ4n) is 2.43. The number of piperidine rings is 1. The summed E-state index contributed by atoms with van der Waals surface area (Å²) in [6, 6.07) is 2.25. The standard InChI is InChI=1S/C10H16N2O/c11-8-9-10(5-3-6-12-9)4-1-2-7-13-10/h9,12H,1-7H2. The normalized spacial score (nSPS) is 40.1. The highest BCUT2D eigenvalue weighted by Gasteiger charge is 2.42. The summed E-state index contributed by atoms with van der Waals surface area (Å²) in [5, 5.41) is 12.3. The Labute approximate surface area is 79.1 Å². The van der Waals surface area contributed by atoms with E-state index in [1.807, 2.05) is 0 Å². The van der Waals surface area contributed by atoms with Crippen molar-refractivity contribution in [3.63, 3.8) is 0 Å². The van der Waals surface area contributed by atoms with Crippen molar-refractivity contribution in [3.05, 3.63) is 0 Å². The maximum Gasteiger partial charge on any atom is 0.125 e. The van der Waals surface area contributed by atoms with E-state index in [4.69, 9.17) is 10.00 Å². The molecular formula is C10H16N2O. The molecule has 72 valence electrons. The topological polar surface area (TPSA) is 45.0 Å². The zero-order valence-corrected chi connectivity index (χ0v) is 7.88. The summed E-state index contributed by atoms with van der Waals surface area (Å²) < 4.78 is 5.82. The van der Waals surface area contributed by atoms with E-state index in [1.54, 1.807) is 0 Å². The van der Waals surface area contributed by atoms with Gasteiger partial charge >= 0.3 is 0 Å². The van der Waals surface area contributed by atoms with E-state index in [0.717, 1.165) is 38.8 Å². The number of hydrogen-bond acceptors (Lipinski definition) is 3. The van der Waals surface area contributed by atoms with E-state index in [0.29, 0.717) is 0 Å². The van der Waals surface area contributed by atoms with Gasteiger partial charge in [0.25, 0.3) is 0 Å². The molecule has 2 aliphatic heterocycles. The highest BCUT2D eigenvalue weighted by atomic mass is 16.5. The number of nitriles is 1. The Morgan fingerprint density at radius 2 is 2.15 bits per heavy atom. The fraction of sp³-hybridized carbons (Fsp3) is 0.900. The first-order valence-corrected chi connectivity index (χ1v) is 5.14. The van der Waals surface area contributed by atoms with Crippen molar-refractivity contribution in [1.29, 1.82) is 5.26 Å². The molecule has 0 bridgehead atoms. The highest BCUT2D eigenvalue weighted by Crippen LogP contribution is 2.34. The monoisotopic (exact) mass is 180 g/mol. The molecule has 0 aromatic heterocycles. The van der Waals surface area contributed by atoms with Gasteiger partial charge in [-0.05, 0) is 38.6 Å². The summed E-state index contributed by atoms with van der Waals surface area (Å²) in [6.07, 6.45) is 5.61. The third kappa shape index (κ3) is 1.56. The van der Waals surface area contributed by atoms with E-state index < -0.39 is 0 Å². The van der Waals surface area contributed by atoms with Crippen LogP contribution in [0.2, 0.25) is 0 Å². The first-order chi connectivity index (χ1) is 6.37. The van der Waals surface area contributed by atoms with Crippen LogP contribution in [0, 0.1) is 11.3 Å². The number of nitrogens with one attached hydrogen (secondary N) is 1. The molecule has 2 atom stereocenters. The van der Waals surface area contributed by atoms with E-state index in [1.165, 1.54) is 6.42 Å². The maximum atomic E-state index is 9.02. The Balaban J connectivity index is 2.11. The summed E-state index contributed by atoms with van der Waals surface area (Å²) in [6.45, 7) is 1.79. The average Bonchev–Trinajstić information content (AvgIpc) is 2.20. The van der Waals surface area contributed by atoms with Crippen LogP contribution in [0.25, 0.3) is 0 Å². The molecule has 2 heterocycles. The number of rotatable bonds is 0. The van der Waals surface area contributed by atoms with Crippen LogP contribution in [0.1, 0.15) is 32.1 Å². The van der Waals surface area contributed by atoms with Crippen LogP contribution in [0.15, 0.2) is 0 Å². The van der Waals surface area contributed by atoms with Crippen molar-refractivity contribution in [3.8, 4) is 6.07 Å². The maximum absolute atomic E-state index is 9.02. The first-order valence-electron chi connectivity index (χ1n) is 5.14. The van der Waals surface area contributed by atoms with Gasteiger partial charge in [0.1, 0.15) is 6.04 Å². The molecule has 0 aromatic rings. The van der Waals surface area contributed by atoms with Gasteiger partial charge in [-0.3, -0.25) is 5.32 Å². The van der Waals surface area contributed by atoms with Gasteiger partial charge in [-0.15, -0.1) is 0 Å². The van der Waals surface area contributed by atoms with Gasteiger partial charge in [-0.2, -0.15) is 5.26 Å². The fourth-order valence-corrected chi connectivity index (χ4v) is 2.43. The van der Waals surface area contributed by atoms with E-state index in [9.17, 15) is 0 Å². The van der Waals surface area contributed by atoms with Gasteiger partial charge in [0.2, 0.25) is 0 Å². The lowest BCUT2D eigenvalue weighted by Gasteiger charge is -2.43. The summed E-state index contributed by atoms with van der Waals surface area (Å²) in [7, 11) is 0. The third-order valence-corrected chi connectivity index (χ3v) is 3.16. The molecule has 2 aliphatic rings. The molecule has 2 saturated heterocycles. The molecule has 0 aliphatic carbocycles. The Morgan fingerprint density at radius 1 is 1.31 bits per heavy atom. The number of hydrogen-bond donors (Lipinski definition) is 1. The lowest BCUT2D eigenvalue weighted by Crippen LogP contribution is -2.56. The van der Waals surface area contributed by atoms with Gasteiger partial charge in [-0.1, -0.05) is 0 Å². The second-order valence-electron chi connectivity index (χ2n) is 3.99. The third-order valence-electron chi connectivity index (χ3n) is 3.16. The van der Waals surface area contributed by atoms with Crippen LogP contribution < -0.4 is 5.32 Å². The Kier molecular flexibility index (Phi) is 2.52. The van der Waals surface area contributed by atoms with Crippen LogP contribution in [-0.2, 0) is 4.74 Å². The van der Waals surface area contributed by atoms with Gasteiger partial charge in [0.15, 0.2) is 0 Å². The Bertz CT molecular complexity index is 207. The van der Waals surface area contributed by atoms with E-state index in [-0.39, 0.29) is 11.6 Å². The zero-order valence-electron chi connectivity index (χ0n) is 7.88. The molecule has 0 saturated carbocycles. The van der Waals surface area contributed by atoms with Crippen molar-refractivity contribution in [1.82, 2.24) is 5.32 Å². The molecule has 1 spiro atoms. The van der Waals surface area contributed by atoms with Gasteiger partial charge < -0.3 is 4.74 Å². The molecule has 0 aromatic carbocycles. The van der Waals surface area contributed by atoms with Gasteiger partial charge in [-0.25, -0.2) is 0 Å². The lowest BCUT2D eigenvalue weighted by molar-refractivity contribution is -0.105. The molecule has 13 heavy (non-hydrogen) atoms. The van der Waals surface area contributed by atoms with Crippen molar-refractivity contribution in [2.75, 3.05) is 13.2 Å². The minimum absolute atomic E-state index is 0.0819. The number of nitrogens with zero attached hydrogens (tertiary/aromatic N) is 1. The molecule has 2 fully saturated rings. The predicted molar refractivity (Wildman–Crippen MR) is 49.2 cm³/mol. The molecule has 2 unspecified atom stereocenters. The number of ether oxygens (including phenoxy) is 1. The largest absolute Gasteiger partial charge is 0.372 e. The average molecular weight is 180 g/mol. The zero-order chi connectivity index (χ0) is 9.15. The van der Waals surface area contributed by atoms with Crippen molar-refractivity contribution in [2.45, 2.75) is 43.7 Å². The second kappa shape index (κ2) is 3.65. The van der Waals surface area contributed by atoms with Gasteiger partial charge in [0.05, 0.1) is 11.7 Å². The van der Waals surface area contributed by atoms with Crippen molar-refractivity contribution in [2.24, 2.45) is 0 Å². The highest BCUT2D eigenvalue weighted by molar-refractivity contribution is 5.08. The van der Waals surface area contributed by atoms with Crippen LogP contribution in [-0.4, -0.2) is 24.8 Å². The summed E-state index contributed by atoms with van der Waals surface area (Å²) >= 11 is 0. The summed E-state index contributed by atoms with van der Waals surface area (Å²) in [5.41, 5.74) is -0.148. The van der Waals surface area contributed by atoms with E-state index >= 15 is 0 Å². The Morgan fingerprint density at radius 3 is 2.85 bits per heavy atom. The van der Waals surface area contributed by atoms with Crippen LogP contribution in [0.4, 0.5) is 0 Å².